The summed E-state index contributed by atoms with van der Waals surface area (Å²) in [5.74, 6) is -0.178. The first-order valence-corrected chi connectivity index (χ1v) is 7.88. The first kappa shape index (κ1) is 15.5. The van der Waals surface area contributed by atoms with Crippen LogP contribution >= 0.6 is 0 Å². The van der Waals surface area contributed by atoms with Gasteiger partial charge in [-0.05, 0) is 31.0 Å². The number of amides is 1. The van der Waals surface area contributed by atoms with Crippen LogP contribution in [0.2, 0.25) is 0 Å². The van der Waals surface area contributed by atoms with Crippen LogP contribution < -0.4 is 4.74 Å². The highest BCUT2D eigenvalue weighted by Gasteiger charge is 2.24. The molecule has 1 aromatic heterocycles. The zero-order valence-corrected chi connectivity index (χ0v) is 12.9. The van der Waals surface area contributed by atoms with Crippen molar-refractivity contribution >= 4 is 5.91 Å². The Morgan fingerprint density at radius 3 is 3.00 bits per heavy atom. The lowest BCUT2D eigenvalue weighted by Gasteiger charge is -2.33. The number of rotatable bonds is 5. The molecule has 0 spiro atoms. The summed E-state index contributed by atoms with van der Waals surface area (Å²) < 4.78 is 20.7. The number of likely N-dealkylation sites (tertiary alicyclic amines) is 1. The van der Waals surface area contributed by atoms with E-state index >= 15 is 0 Å². The largest absolute Gasteiger partial charge is 0.490 e. The van der Waals surface area contributed by atoms with Crippen LogP contribution in [0.3, 0.4) is 0 Å². The fourth-order valence-electron chi connectivity index (χ4n) is 2.86. The summed E-state index contributed by atoms with van der Waals surface area (Å²) in [7, 11) is 0. The first-order chi connectivity index (χ1) is 11.2. The molecular formula is C17H20FN3O2. The molecule has 0 N–H and O–H groups in total. The highest BCUT2D eigenvalue weighted by Crippen LogP contribution is 2.21. The van der Waals surface area contributed by atoms with Gasteiger partial charge in [0.2, 0.25) is 5.91 Å². The molecule has 1 aliphatic heterocycles. The van der Waals surface area contributed by atoms with Gasteiger partial charge in [-0.15, -0.1) is 0 Å². The maximum atomic E-state index is 13.4. The van der Waals surface area contributed by atoms with E-state index < -0.39 is 5.82 Å². The maximum Gasteiger partial charge on any atom is 0.226 e. The molecule has 3 rings (SSSR count). The maximum absolute atomic E-state index is 13.4. The van der Waals surface area contributed by atoms with Crippen molar-refractivity contribution in [3.05, 3.63) is 48.5 Å². The predicted molar refractivity (Wildman–Crippen MR) is 83.6 cm³/mol. The number of carbonyl (C=O) groups excluding carboxylic acids is 1. The molecular weight excluding hydrogens is 297 g/mol. The SMILES string of the molecule is O=C(CCOc1ccccc1F)N1CCCC(n2cccn2)C1. The number of halogens is 1. The number of aromatic nitrogens is 2. The Bertz CT molecular complexity index is 645. The summed E-state index contributed by atoms with van der Waals surface area (Å²) in [4.78, 5) is 14.2. The van der Waals surface area contributed by atoms with Crippen molar-refractivity contribution in [2.24, 2.45) is 0 Å². The van der Waals surface area contributed by atoms with E-state index in [0.717, 1.165) is 19.4 Å². The third-order valence-corrected chi connectivity index (χ3v) is 4.06. The second-order valence-electron chi connectivity index (χ2n) is 5.65. The lowest BCUT2D eigenvalue weighted by Crippen LogP contribution is -2.41. The van der Waals surface area contributed by atoms with Gasteiger partial charge in [-0.1, -0.05) is 12.1 Å². The van der Waals surface area contributed by atoms with Gasteiger partial charge in [0, 0.05) is 25.5 Å². The second kappa shape index (κ2) is 7.26. The molecule has 0 saturated carbocycles. The molecule has 1 aromatic carbocycles. The second-order valence-corrected chi connectivity index (χ2v) is 5.65. The van der Waals surface area contributed by atoms with E-state index in [-0.39, 0.29) is 30.7 Å². The van der Waals surface area contributed by atoms with Crippen molar-refractivity contribution in [1.29, 1.82) is 0 Å². The summed E-state index contributed by atoms with van der Waals surface area (Å²) in [6.45, 7) is 1.61. The lowest BCUT2D eigenvalue weighted by atomic mass is 10.1. The molecule has 1 amide bonds. The van der Waals surface area contributed by atoms with Crippen LogP contribution in [0.5, 0.6) is 5.75 Å². The Morgan fingerprint density at radius 1 is 1.35 bits per heavy atom. The zero-order valence-electron chi connectivity index (χ0n) is 12.9. The molecule has 0 radical (unpaired) electrons. The number of benzene rings is 1. The Hall–Kier alpha value is -2.37. The van der Waals surface area contributed by atoms with Crippen LogP contribution in [0, 0.1) is 5.82 Å². The van der Waals surface area contributed by atoms with Crippen molar-refractivity contribution in [3.63, 3.8) is 0 Å². The summed E-state index contributed by atoms with van der Waals surface area (Å²) in [6.07, 6.45) is 5.92. The number of piperidine rings is 1. The van der Waals surface area contributed by atoms with E-state index in [9.17, 15) is 9.18 Å². The first-order valence-electron chi connectivity index (χ1n) is 7.88. The summed E-state index contributed by atoms with van der Waals surface area (Å²) in [5.41, 5.74) is 0. The van der Waals surface area contributed by atoms with E-state index in [2.05, 4.69) is 5.10 Å². The highest BCUT2D eigenvalue weighted by molar-refractivity contribution is 5.76. The molecule has 1 unspecified atom stereocenters. The van der Waals surface area contributed by atoms with Crippen LogP contribution in [0.15, 0.2) is 42.7 Å². The quantitative estimate of drug-likeness (QED) is 0.852. The molecule has 0 aliphatic carbocycles. The van der Waals surface area contributed by atoms with Gasteiger partial charge in [0.15, 0.2) is 11.6 Å². The van der Waals surface area contributed by atoms with Crippen molar-refractivity contribution in [3.8, 4) is 5.75 Å². The molecule has 0 bridgehead atoms. The van der Waals surface area contributed by atoms with Crippen LogP contribution in [-0.2, 0) is 4.79 Å². The fraction of sp³-hybridized carbons (Fsp3) is 0.412. The summed E-state index contributed by atoms with van der Waals surface area (Å²) >= 11 is 0. The third kappa shape index (κ3) is 3.88. The zero-order chi connectivity index (χ0) is 16.1. The van der Waals surface area contributed by atoms with Crippen molar-refractivity contribution in [1.82, 2.24) is 14.7 Å². The van der Waals surface area contributed by atoms with Gasteiger partial charge in [0.1, 0.15) is 0 Å². The molecule has 2 aromatic rings. The minimum atomic E-state index is -0.406. The Labute approximate surface area is 134 Å². The normalized spacial score (nSPS) is 18.0. The smallest absolute Gasteiger partial charge is 0.226 e. The Kier molecular flexibility index (Phi) is 4.90. The van der Waals surface area contributed by atoms with Gasteiger partial charge in [-0.25, -0.2) is 4.39 Å². The van der Waals surface area contributed by atoms with Crippen molar-refractivity contribution in [2.45, 2.75) is 25.3 Å². The van der Waals surface area contributed by atoms with Gasteiger partial charge >= 0.3 is 0 Å². The number of ether oxygens (including phenoxy) is 1. The van der Waals surface area contributed by atoms with Crippen LogP contribution in [-0.4, -0.2) is 40.3 Å². The van der Waals surface area contributed by atoms with Gasteiger partial charge in [-0.3, -0.25) is 9.48 Å². The van der Waals surface area contributed by atoms with E-state index in [0.29, 0.717) is 6.54 Å². The van der Waals surface area contributed by atoms with E-state index in [1.165, 1.54) is 6.07 Å². The van der Waals surface area contributed by atoms with Crippen molar-refractivity contribution < 1.29 is 13.9 Å². The number of hydrogen-bond acceptors (Lipinski definition) is 3. The summed E-state index contributed by atoms with van der Waals surface area (Å²) in [6, 6.07) is 8.35. The minimum absolute atomic E-state index is 0.0400. The van der Waals surface area contributed by atoms with E-state index in [1.807, 2.05) is 21.8 Å². The molecule has 2 heterocycles. The van der Waals surface area contributed by atoms with Gasteiger partial charge in [-0.2, -0.15) is 5.10 Å². The van der Waals surface area contributed by atoms with Crippen molar-refractivity contribution in [2.75, 3.05) is 19.7 Å². The topological polar surface area (TPSA) is 47.4 Å². The van der Waals surface area contributed by atoms with Gasteiger partial charge < -0.3 is 9.64 Å². The molecule has 23 heavy (non-hydrogen) atoms. The van der Waals surface area contributed by atoms with Crippen LogP contribution in [0.1, 0.15) is 25.3 Å². The molecule has 1 saturated heterocycles. The number of hydrogen-bond donors (Lipinski definition) is 0. The third-order valence-electron chi connectivity index (χ3n) is 4.06. The fourth-order valence-corrected chi connectivity index (χ4v) is 2.86. The standard InChI is InChI=1S/C17H20FN3O2/c18-15-6-1-2-7-16(15)23-12-8-17(22)20-10-3-5-14(13-20)21-11-4-9-19-21/h1-2,4,6-7,9,11,14H,3,5,8,10,12-13H2. The average molecular weight is 317 g/mol. The molecule has 122 valence electrons. The number of para-hydroxylation sites is 1. The average Bonchev–Trinajstić information content (AvgIpc) is 3.11. The number of nitrogens with zero attached hydrogens (tertiary/aromatic N) is 3. The van der Waals surface area contributed by atoms with E-state index in [1.54, 1.807) is 24.4 Å². The minimum Gasteiger partial charge on any atom is -0.490 e. The highest BCUT2D eigenvalue weighted by atomic mass is 19.1. The molecule has 1 fully saturated rings. The Balaban J connectivity index is 1.49. The summed E-state index contributed by atoms with van der Waals surface area (Å²) in [5, 5.41) is 4.26. The molecule has 5 nitrogen and oxygen atoms in total. The predicted octanol–water partition coefficient (Wildman–Crippen LogP) is 2.65. The van der Waals surface area contributed by atoms with Crippen LogP contribution in [0.25, 0.3) is 0 Å². The van der Waals surface area contributed by atoms with Crippen LogP contribution in [0.4, 0.5) is 4.39 Å². The molecule has 1 aliphatic rings. The molecule has 1 atom stereocenters. The Morgan fingerprint density at radius 2 is 2.22 bits per heavy atom. The van der Waals surface area contributed by atoms with Gasteiger partial charge in [0.05, 0.1) is 19.1 Å². The number of carbonyl (C=O) groups is 1. The van der Waals surface area contributed by atoms with Gasteiger partial charge in [0.25, 0.3) is 0 Å². The lowest BCUT2D eigenvalue weighted by molar-refractivity contribution is -0.133. The molecule has 6 heteroatoms. The van der Waals surface area contributed by atoms with E-state index in [4.69, 9.17) is 4.74 Å². The monoisotopic (exact) mass is 317 g/mol.